The second-order valence-corrected chi connectivity index (χ2v) is 10.5. The Hall–Kier alpha value is -2.65. The van der Waals surface area contributed by atoms with Gasteiger partial charge in [0.15, 0.2) is 5.58 Å². The molecule has 0 bridgehead atoms. The first-order valence-corrected chi connectivity index (χ1v) is 12.1. The van der Waals surface area contributed by atoms with Gasteiger partial charge in [-0.15, -0.1) is 11.3 Å². The molecule has 0 atom stereocenters. The maximum absolute atomic E-state index is 6.33. The van der Waals surface area contributed by atoms with Crippen LogP contribution in [0.25, 0.3) is 42.4 Å². The van der Waals surface area contributed by atoms with Gasteiger partial charge in [0, 0.05) is 22.6 Å². The summed E-state index contributed by atoms with van der Waals surface area (Å²) >= 11 is 1.79. The Kier molecular flexibility index (Phi) is 4.90. The van der Waals surface area contributed by atoms with Crippen LogP contribution in [-0.2, 0) is 5.41 Å². The molecule has 31 heavy (non-hydrogen) atoms. The SMILES string of the molecule is CCC(CC)c1cc(-c2nccc3c2sc2cc(C(C)(C)C)oc23)cc2ccccc12. The van der Waals surface area contributed by atoms with E-state index in [0.717, 1.165) is 35.3 Å². The highest BCUT2D eigenvalue weighted by Gasteiger charge is 2.23. The summed E-state index contributed by atoms with van der Waals surface area (Å²) in [7, 11) is 0. The number of thiophene rings is 1. The van der Waals surface area contributed by atoms with Gasteiger partial charge in [0.05, 0.1) is 15.1 Å². The van der Waals surface area contributed by atoms with Crippen LogP contribution in [0, 0.1) is 0 Å². The van der Waals surface area contributed by atoms with Crippen LogP contribution in [0.3, 0.4) is 0 Å². The lowest BCUT2D eigenvalue weighted by Gasteiger charge is -2.18. The van der Waals surface area contributed by atoms with Gasteiger partial charge in [-0.3, -0.25) is 4.98 Å². The van der Waals surface area contributed by atoms with E-state index in [1.165, 1.54) is 31.3 Å². The molecule has 0 fully saturated rings. The van der Waals surface area contributed by atoms with Gasteiger partial charge >= 0.3 is 0 Å². The zero-order valence-electron chi connectivity index (χ0n) is 19.0. The molecule has 3 aromatic heterocycles. The summed E-state index contributed by atoms with van der Waals surface area (Å²) in [6, 6.07) is 17.7. The van der Waals surface area contributed by atoms with Gasteiger partial charge < -0.3 is 4.42 Å². The quantitative estimate of drug-likeness (QED) is 0.286. The lowest BCUT2D eigenvalue weighted by Crippen LogP contribution is -2.08. The summed E-state index contributed by atoms with van der Waals surface area (Å²) in [5.41, 5.74) is 4.70. The number of hydrogen-bond donors (Lipinski definition) is 0. The van der Waals surface area contributed by atoms with Crippen molar-refractivity contribution in [1.82, 2.24) is 4.98 Å². The fourth-order valence-corrected chi connectivity index (χ4v) is 5.76. The Morgan fingerprint density at radius 1 is 0.968 bits per heavy atom. The molecule has 5 rings (SSSR count). The minimum absolute atomic E-state index is 0.00346. The molecule has 3 heterocycles. The van der Waals surface area contributed by atoms with Crippen molar-refractivity contribution in [1.29, 1.82) is 0 Å². The Morgan fingerprint density at radius 2 is 1.74 bits per heavy atom. The van der Waals surface area contributed by atoms with Crippen molar-refractivity contribution in [3.8, 4) is 11.3 Å². The molecule has 2 nitrogen and oxygen atoms in total. The molecule has 0 radical (unpaired) electrons. The number of pyridine rings is 1. The highest BCUT2D eigenvalue weighted by Crippen LogP contribution is 2.43. The van der Waals surface area contributed by atoms with Crippen LogP contribution in [0.15, 0.2) is 59.1 Å². The molecule has 3 heteroatoms. The number of nitrogens with zero attached hydrogens (tertiary/aromatic N) is 1. The van der Waals surface area contributed by atoms with Crippen molar-refractivity contribution >= 4 is 42.5 Å². The second kappa shape index (κ2) is 7.49. The number of fused-ring (bicyclic) bond motifs is 4. The summed E-state index contributed by atoms with van der Waals surface area (Å²) < 4.78 is 8.74. The topological polar surface area (TPSA) is 26.0 Å². The third-order valence-corrected chi connectivity index (χ3v) is 7.53. The molecule has 0 spiro atoms. The summed E-state index contributed by atoms with van der Waals surface area (Å²) in [4.78, 5) is 4.85. The number of hydrogen-bond acceptors (Lipinski definition) is 3. The predicted octanol–water partition coefficient (Wildman–Crippen LogP) is 9.06. The van der Waals surface area contributed by atoms with Crippen LogP contribution in [0.1, 0.15) is 64.7 Å². The van der Waals surface area contributed by atoms with E-state index in [9.17, 15) is 0 Å². The third kappa shape index (κ3) is 3.36. The van der Waals surface area contributed by atoms with Gasteiger partial charge in [-0.1, -0.05) is 58.9 Å². The lowest BCUT2D eigenvalue weighted by atomic mass is 9.87. The maximum atomic E-state index is 6.33. The van der Waals surface area contributed by atoms with E-state index in [4.69, 9.17) is 9.40 Å². The molecule has 0 N–H and O–H groups in total. The molecule has 0 unspecified atom stereocenters. The summed E-state index contributed by atoms with van der Waals surface area (Å²) in [5, 5.41) is 3.82. The molecule has 0 amide bonds. The fourth-order valence-electron chi connectivity index (χ4n) is 4.60. The molecule has 0 aliphatic rings. The standard InChI is InChI=1S/C28H29NOS/c1-6-17(7-2)22-15-19(14-18-10-8-9-11-20(18)22)25-27-21(12-13-29-25)26-23(31-27)16-24(30-26)28(3,4)5/h8-17H,6-7H2,1-5H3. The van der Waals surface area contributed by atoms with Gasteiger partial charge in [0.1, 0.15) is 5.76 Å². The molecule has 0 saturated heterocycles. The maximum Gasteiger partial charge on any atom is 0.153 e. The van der Waals surface area contributed by atoms with E-state index in [1.807, 2.05) is 6.20 Å². The van der Waals surface area contributed by atoms with Gasteiger partial charge in [-0.05, 0) is 59.4 Å². The average molecular weight is 428 g/mol. The lowest BCUT2D eigenvalue weighted by molar-refractivity contribution is 0.431. The van der Waals surface area contributed by atoms with Crippen molar-refractivity contribution < 1.29 is 4.42 Å². The Labute approximate surface area is 187 Å². The minimum atomic E-state index is 0.00346. The first-order chi connectivity index (χ1) is 14.9. The van der Waals surface area contributed by atoms with E-state index < -0.39 is 0 Å². The fraction of sp³-hybridized carbons (Fsp3) is 0.321. The first-order valence-electron chi connectivity index (χ1n) is 11.2. The highest BCUT2D eigenvalue weighted by molar-refractivity contribution is 7.26. The third-order valence-electron chi connectivity index (χ3n) is 6.39. The zero-order chi connectivity index (χ0) is 21.8. The molecular weight excluding hydrogens is 398 g/mol. The molecule has 5 aromatic rings. The molecule has 0 saturated carbocycles. The van der Waals surface area contributed by atoms with Crippen LogP contribution in [-0.4, -0.2) is 4.98 Å². The number of furan rings is 1. The van der Waals surface area contributed by atoms with Crippen molar-refractivity contribution in [3.63, 3.8) is 0 Å². The van der Waals surface area contributed by atoms with Gasteiger partial charge in [-0.2, -0.15) is 0 Å². The zero-order valence-corrected chi connectivity index (χ0v) is 19.8. The van der Waals surface area contributed by atoms with Gasteiger partial charge in [0.25, 0.3) is 0 Å². The molecule has 0 aliphatic heterocycles. The molecule has 158 valence electrons. The van der Waals surface area contributed by atoms with Crippen LogP contribution in [0.4, 0.5) is 0 Å². The van der Waals surface area contributed by atoms with Gasteiger partial charge in [-0.25, -0.2) is 0 Å². The van der Waals surface area contributed by atoms with Crippen molar-refractivity contribution in [2.75, 3.05) is 0 Å². The Bertz CT molecular complexity index is 1400. The van der Waals surface area contributed by atoms with Crippen molar-refractivity contribution in [3.05, 3.63) is 66.1 Å². The van der Waals surface area contributed by atoms with E-state index in [0.29, 0.717) is 5.92 Å². The minimum Gasteiger partial charge on any atom is -0.459 e. The number of benzene rings is 2. The van der Waals surface area contributed by atoms with Crippen molar-refractivity contribution in [2.24, 2.45) is 0 Å². The normalized spacial score (nSPS) is 12.6. The van der Waals surface area contributed by atoms with Crippen LogP contribution in [0.5, 0.6) is 0 Å². The summed E-state index contributed by atoms with van der Waals surface area (Å²) in [6.45, 7) is 11.2. The van der Waals surface area contributed by atoms with Crippen molar-refractivity contribution in [2.45, 2.75) is 58.8 Å². The summed E-state index contributed by atoms with van der Waals surface area (Å²) in [5.74, 6) is 1.59. The predicted molar refractivity (Wildman–Crippen MR) is 134 cm³/mol. The van der Waals surface area contributed by atoms with Crippen LogP contribution >= 0.6 is 11.3 Å². The largest absolute Gasteiger partial charge is 0.459 e. The second-order valence-electron chi connectivity index (χ2n) is 9.49. The Morgan fingerprint density at radius 3 is 2.48 bits per heavy atom. The molecular formula is C28H29NOS. The molecule has 2 aromatic carbocycles. The monoisotopic (exact) mass is 427 g/mol. The van der Waals surface area contributed by atoms with E-state index in [2.05, 4.69) is 83.1 Å². The summed E-state index contributed by atoms with van der Waals surface area (Å²) in [6.07, 6.45) is 4.21. The van der Waals surface area contributed by atoms with E-state index >= 15 is 0 Å². The van der Waals surface area contributed by atoms with Crippen LogP contribution in [0.2, 0.25) is 0 Å². The highest BCUT2D eigenvalue weighted by atomic mass is 32.1. The first kappa shape index (κ1) is 20.3. The van der Waals surface area contributed by atoms with Gasteiger partial charge in [0.2, 0.25) is 0 Å². The Balaban J connectivity index is 1.75. The van der Waals surface area contributed by atoms with E-state index in [-0.39, 0.29) is 5.41 Å². The average Bonchev–Trinajstić information content (AvgIpc) is 3.33. The van der Waals surface area contributed by atoms with E-state index in [1.54, 1.807) is 11.3 Å². The molecule has 0 aliphatic carbocycles. The number of aromatic nitrogens is 1. The number of rotatable bonds is 4. The van der Waals surface area contributed by atoms with Crippen LogP contribution < -0.4 is 0 Å². The smallest absolute Gasteiger partial charge is 0.153 e.